The lowest BCUT2D eigenvalue weighted by Crippen LogP contribution is -2.44. The summed E-state index contributed by atoms with van der Waals surface area (Å²) in [6.07, 6.45) is 1.43. The van der Waals surface area contributed by atoms with Crippen LogP contribution in [0.25, 0.3) is 0 Å². The number of piperidine rings is 1. The van der Waals surface area contributed by atoms with Gasteiger partial charge in [-0.2, -0.15) is 5.26 Å². The van der Waals surface area contributed by atoms with Crippen molar-refractivity contribution in [1.82, 2.24) is 4.90 Å². The molecule has 0 aliphatic carbocycles. The number of methoxy groups -OCH3 is 1. The molecule has 1 aliphatic rings. The second kappa shape index (κ2) is 4.97. The number of carbonyl (C=O) groups excluding carboxylic acids is 1. The molecule has 0 spiro atoms. The van der Waals surface area contributed by atoms with Crippen molar-refractivity contribution in [2.45, 2.75) is 25.9 Å². The third kappa shape index (κ3) is 2.46. The van der Waals surface area contributed by atoms with Crippen LogP contribution < -0.4 is 0 Å². The SMILES string of the molecule is COC(C)C(=O)N1CCCC(C#N)C1. The molecule has 78 valence electrons. The Morgan fingerprint density at radius 2 is 2.43 bits per heavy atom. The van der Waals surface area contributed by atoms with E-state index in [1.165, 1.54) is 7.11 Å². The summed E-state index contributed by atoms with van der Waals surface area (Å²) < 4.78 is 4.96. The van der Waals surface area contributed by atoms with Crippen LogP contribution in [0.5, 0.6) is 0 Å². The van der Waals surface area contributed by atoms with E-state index in [9.17, 15) is 4.79 Å². The van der Waals surface area contributed by atoms with Crippen LogP contribution in [-0.4, -0.2) is 37.1 Å². The number of nitriles is 1. The van der Waals surface area contributed by atoms with Gasteiger partial charge in [-0.3, -0.25) is 4.79 Å². The second-order valence-corrected chi connectivity index (χ2v) is 3.63. The Hall–Kier alpha value is -1.08. The summed E-state index contributed by atoms with van der Waals surface area (Å²) in [6, 6.07) is 2.21. The minimum atomic E-state index is -0.396. The van der Waals surface area contributed by atoms with Crippen molar-refractivity contribution in [2.24, 2.45) is 5.92 Å². The molecular weight excluding hydrogens is 180 g/mol. The summed E-state index contributed by atoms with van der Waals surface area (Å²) in [4.78, 5) is 13.4. The molecule has 2 atom stereocenters. The Kier molecular flexibility index (Phi) is 3.90. The monoisotopic (exact) mass is 196 g/mol. The van der Waals surface area contributed by atoms with Crippen LogP contribution >= 0.6 is 0 Å². The van der Waals surface area contributed by atoms with Crippen molar-refractivity contribution in [3.8, 4) is 6.07 Å². The number of amides is 1. The highest BCUT2D eigenvalue weighted by molar-refractivity contribution is 5.80. The highest BCUT2D eigenvalue weighted by atomic mass is 16.5. The van der Waals surface area contributed by atoms with E-state index in [-0.39, 0.29) is 11.8 Å². The molecule has 1 saturated heterocycles. The predicted molar refractivity (Wildman–Crippen MR) is 51.4 cm³/mol. The molecule has 2 unspecified atom stereocenters. The first kappa shape index (κ1) is 11.0. The molecule has 0 radical (unpaired) electrons. The maximum absolute atomic E-state index is 11.7. The van der Waals surface area contributed by atoms with Crippen LogP contribution in [0.1, 0.15) is 19.8 Å². The fraction of sp³-hybridized carbons (Fsp3) is 0.800. The first-order chi connectivity index (χ1) is 6.69. The van der Waals surface area contributed by atoms with E-state index in [0.29, 0.717) is 6.54 Å². The van der Waals surface area contributed by atoms with Gasteiger partial charge in [0, 0.05) is 20.2 Å². The number of carbonyl (C=O) groups is 1. The molecule has 1 rings (SSSR count). The van der Waals surface area contributed by atoms with E-state index in [4.69, 9.17) is 10.00 Å². The number of rotatable bonds is 2. The van der Waals surface area contributed by atoms with E-state index < -0.39 is 6.10 Å². The lowest BCUT2D eigenvalue weighted by molar-refractivity contribution is -0.142. The van der Waals surface area contributed by atoms with E-state index in [2.05, 4.69) is 6.07 Å². The Morgan fingerprint density at radius 1 is 1.71 bits per heavy atom. The van der Waals surface area contributed by atoms with Gasteiger partial charge in [-0.05, 0) is 19.8 Å². The van der Waals surface area contributed by atoms with Gasteiger partial charge in [0.05, 0.1) is 12.0 Å². The van der Waals surface area contributed by atoms with Crippen LogP contribution in [0.3, 0.4) is 0 Å². The highest BCUT2D eigenvalue weighted by Gasteiger charge is 2.26. The van der Waals surface area contributed by atoms with Crippen molar-refractivity contribution < 1.29 is 9.53 Å². The summed E-state index contributed by atoms with van der Waals surface area (Å²) >= 11 is 0. The van der Waals surface area contributed by atoms with Crippen LogP contribution in [0.2, 0.25) is 0 Å². The predicted octanol–water partition coefficient (Wildman–Crippen LogP) is 0.783. The summed E-state index contributed by atoms with van der Waals surface area (Å²) in [5.74, 6) is -0.00999. The topological polar surface area (TPSA) is 53.3 Å². The van der Waals surface area contributed by atoms with Gasteiger partial charge in [0.25, 0.3) is 5.91 Å². The summed E-state index contributed by atoms with van der Waals surface area (Å²) in [7, 11) is 1.52. The largest absolute Gasteiger partial charge is 0.372 e. The molecule has 0 saturated carbocycles. The average molecular weight is 196 g/mol. The first-order valence-electron chi connectivity index (χ1n) is 4.90. The number of nitrogens with zero attached hydrogens (tertiary/aromatic N) is 2. The molecule has 4 heteroatoms. The smallest absolute Gasteiger partial charge is 0.251 e. The molecule has 0 N–H and O–H groups in total. The normalized spacial score (nSPS) is 24.1. The third-order valence-corrected chi connectivity index (χ3v) is 2.62. The maximum Gasteiger partial charge on any atom is 0.251 e. The molecule has 0 aromatic carbocycles. The van der Waals surface area contributed by atoms with Gasteiger partial charge in [0.15, 0.2) is 0 Å². The zero-order valence-corrected chi connectivity index (χ0v) is 8.69. The lowest BCUT2D eigenvalue weighted by Gasteiger charge is -2.31. The van der Waals surface area contributed by atoms with Crippen molar-refractivity contribution in [3.05, 3.63) is 0 Å². The lowest BCUT2D eigenvalue weighted by atomic mass is 9.99. The number of hydrogen-bond donors (Lipinski definition) is 0. The van der Waals surface area contributed by atoms with E-state index in [0.717, 1.165) is 19.4 Å². The van der Waals surface area contributed by atoms with Gasteiger partial charge < -0.3 is 9.64 Å². The number of ether oxygens (including phenoxy) is 1. The van der Waals surface area contributed by atoms with Crippen molar-refractivity contribution in [3.63, 3.8) is 0 Å². The standard InChI is InChI=1S/C10H16N2O2/c1-8(14-2)10(13)12-5-3-4-9(6-11)7-12/h8-9H,3-5,7H2,1-2H3. The molecule has 14 heavy (non-hydrogen) atoms. The van der Waals surface area contributed by atoms with Crippen molar-refractivity contribution in [1.29, 1.82) is 5.26 Å². The molecule has 1 aliphatic heterocycles. The van der Waals surface area contributed by atoms with Gasteiger partial charge in [0.1, 0.15) is 6.10 Å². The molecule has 0 aromatic heterocycles. The van der Waals surface area contributed by atoms with Crippen LogP contribution in [0.4, 0.5) is 0 Å². The molecule has 1 heterocycles. The van der Waals surface area contributed by atoms with E-state index in [1.807, 2.05) is 0 Å². The van der Waals surface area contributed by atoms with E-state index in [1.54, 1.807) is 11.8 Å². The van der Waals surface area contributed by atoms with Crippen LogP contribution in [-0.2, 0) is 9.53 Å². The molecule has 1 amide bonds. The van der Waals surface area contributed by atoms with Gasteiger partial charge in [-0.25, -0.2) is 0 Å². The van der Waals surface area contributed by atoms with Crippen molar-refractivity contribution >= 4 is 5.91 Å². The van der Waals surface area contributed by atoms with Gasteiger partial charge >= 0.3 is 0 Å². The molecular formula is C10H16N2O2. The second-order valence-electron chi connectivity index (χ2n) is 3.63. The Labute approximate surface area is 84.4 Å². The average Bonchev–Trinajstić information content (AvgIpc) is 2.27. The van der Waals surface area contributed by atoms with Crippen LogP contribution in [0.15, 0.2) is 0 Å². The van der Waals surface area contributed by atoms with Gasteiger partial charge in [0.2, 0.25) is 0 Å². The Bertz CT molecular complexity index is 247. The quantitative estimate of drug-likeness (QED) is 0.656. The first-order valence-corrected chi connectivity index (χ1v) is 4.90. The Morgan fingerprint density at radius 3 is 3.00 bits per heavy atom. The fourth-order valence-corrected chi connectivity index (χ4v) is 1.64. The summed E-state index contributed by atoms with van der Waals surface area (Å²) in [5.41, 5.74) is 0. The third-order valence-electron chi connectivity index (χ3n) is 2.62. The maximum atomic E-state index is 11.7. The molecule has 1 fully saturated rings. The van der Waals surface area contributed by atoms with Crippen LogP contribution in [0, 0.1) is 17.2 Å². The minimum absolute atomic E-state index is 0.00300. The highest BCUT2D eigenvalue weighted by Crippen LogP contribution is 2.16. The molecule has 0 bridgehead atoms. The van der Waals surface area contributed by atoms with Gasteiger partial charge in [-0.1, -0.05) is 0 Å². The fourth-order valence-electron chi connectivity index (χ4n) is 1.64. The minimum Gasteiger partial charge on any atom is -0.372 e. The zero-order valence-electron chi connectivity index (χ0n) is 8.69. The number of likely N-dealkylation sites (tertiary alicyclic amines) is 1. The van der Waals surface area contributed by atoms with E-state index >= 15 is 0 Å². The summed E-state index contributed by atoms with van der Waals surface area (Å²) in [6.45, 7) is 3.05. The zero-order chi connectivity index (χ0) is 10.6. The number of hydrogen-bond acceptors (Lipinski definition) is 3. The molecule has 4 nitrogen and oxygen atoms in total. The van der Waals surface area contributed by atoms with Gasteiger partial charge in [-0.15, -0.1) is 0 Å². The summed E-state index contributed by atoms with van der Waals surface area (Å²) in [5, 5.41) is 8.77. The van der Waals surface area contributed by atoms with Crippen molar-refractivity contribution in [2.75, 3.05) is 20.2 Å². The Balaban J connectivity index is 2.52. The molecule has 0 aromatic rings.